The molecular weight excluding hydrogens is 247 g/mol. The normalized spacial score (nSPS) is 12.1. The van der Waals surface area contributed by atoms with Crippen molar-refractivity contribution in [2.45, 2.75) is 19.4 Å². The summed E-state index contributed by atoms with van der Waals surface area (Å²) in [5.74, 6) is -0.0966. The minimum atomic E-state index is -0.524. The number of rotatable bonds is 4. The fourth-order valence-corrected chi connectivity index (χ4v) is 1.83. The van der Waals surface area contributed by atoms with E-state index in [9.17, 15) is 9.18 Å². The third-order valence-corrected chi connectivity index (χ3v) is 2.65. The molecular formula is C14H15FN2O2. The maximum atomic E-state index is 13.2. The molecule has 0 aliphatic rings. The lowest BCUT2D eigenvalue weighted by Gasteiger charge is -2.12. The van der Waals surface area contributed by atoms with E-state index < -0.39 is 5.82 Å². The molecule has 1 heterocycles. The second kappa shape index (κ2) is 5.56. The van der Waals surface area contributed by atoms with Crippen LogP contribution in [0.15, 0.2) is 41.0 Å². The van der Waals surface area contributed by atoms with Crippen LogP contribution in [0, 0.1) is 5.82 Å². The number of anilines is 1. The van der Waals surface area contributed by atoms with Gasteiger partial charge in [0.2, 0.25) is 0 Å². The molecule has 0 fully saturated rings. The Morgan fingerprint density at radius 2 is 2.26 bits per heavy atom. The van der Waals surface area contributed by atoms with Crippen molar-refractivity contribution in [3.8, 4) is 0 Å². The molecule has 4 nitrogen and oxygen atoms in total. The van der Waals surface area contributed by atoms with Crippen molar-refractivity contribution in [3.63, 3.8) is 0 Å². The minimum Gasteiger partial charge on any atom is -0.469 e. The molecule has 0 saturated carbocycles. The first-order valence-electron chi connectivity index (χ1n) is 5.94. The maximum Gasteiger partial charge on any atom is 0.251 e. The number of furan rings is 1. The number of nitrogens with one attached hydrogen (secondary N) is 1. The van der Waals surface area contributed by atoms with Crippen LogP contribution in [-0.4, -0.2) is 11.9 Å². The van der Waals surface area contributed by atoms with Crippen molar-refractivity contribution in [1.82, 2.24) is 5.32 Å². The molecule has 2 rings (SSSR count). The van der Waals surface area contributed by atoms with E-state index in [0.717, 1.165) is 11.8 Å². The summed E-state index contributed by atoms with van der Waals surface area (Å²) < 4.78 is 18.4. The van der Waals surface area contributed by atoms with E-state index in [1.54, 1.807) is 12.3 Å². The zero-order valence-electron chi connectivity index (χ0n) is 10.5. The van der Waals surface area contributed by atoms with Gasteiger partial charge in [0.15, 0.2) is 0 Å². The largest absolute Gasteiger partial charge is 0.469 e. The van der Waals surface area contributed by atoms with Crippen molar-refractivity contribution in [2.24, 2.45) is 0 Å². The lowest BCUT2D eigenvalue weighted by molar-refractivity contribution is 0.0939. The van der Waals surface area contributed by atoms with Crippen LogP contribution in [0.25, 0.3) is 0 Å². The molecule has 100 valence electrons. The fraction of sp³-hybridized carbons (Fsp3) is 0.214. The maximum absolute atomic E-state index is 13.2. The Hall–Kier alpha value is -2.30. The van der Waals surface area contributed by atoms with Gasteiger partial charge in [-0.15, -0.1) is 0 Å². The monoisotopic (exact) mass is 262 g/mol. The predicted molar refractivity (Wildman–Crippen MR) is 70.2 cm³/mol. The van der Waals surface area contributed by atoms with Crippen LogP contribution in [0.1, 0.15) is 23.0 Å². The second-order valence-electron chi connectivity index (χ2n) is 4.43. The second-order valence-corrected chi connectivity index (χ2v) is 4.43. The Labute approximate surface area is 110 Å². The molecule has 0 aliphatic carbocycles. The summed E-state index contributed by atoms with van der Waals surface area (Å²) in [6, 6.07) is 7.27. The first-order valence-corrected chi connectivity index (χ1v) is 5.94. The number of amides is 1. The van der Waals surface area contributed by atoms with E-state index >= 15 is 0 Å². The van der Waals surface area contributed by atoms with Crippen LogP contribution in [0.3, 0.4) is 0 Å². The number of hydrogen-bond acceptors (Lipinski definition) is 3. The molecule has 0 aliphatic heterocycles. The molecule has 0 spiro atoms. The number of benzene rings is 1. The topological polar surface area (TPSA) is 68.3 Å². The molecule has 1 aromatic heterocycles. The molecule has 0 saturated heterocycles. The van der Waals surface area contributed by atoms with Crippen molar-refractivity contribution >= 4 is 11.6 Å². The number of nitrogen functional groups attached to an aromatic ring is 1. The van der Waals surface area contributed by atoms with Crippen LogP contribution in [0.4, 0.5) is 10.1 Å². The number of carbonyl (C=O) groups is 1. The summed E-state index contributed by atoms with van der Waals surface area (Å²) in [6.45, 7) is 1.85. The molecule has 0 bridgehead atoms. The molecule has 2 aromatic rings. The number of halogens is 1. The van der Waals surface area contributed by atoms with Gasteiger partial charge in [0.05, 0.1) is 6.26 Å². The summed E-state index contributed by atoms with van der Waals surface area (Å²) in [4.78, 5) is 11.9. The van der Waals surface area contributed by atoms with Gasteiger partial charge in [-0.3, -0.25) is 4.79 Å². The van der Waals surface area contributed by atoms with Gasteiger partial charge in [-0.1, -0.05) is 0 Å². The van der Waals surface area contributed by atoms with Crippen LogP contribution < -0.4 is 11.1 Å². The summed E-state index contributed by atoms with van der Waals surface area (Å²) in [5.41, 5.74) is 5.94. The Bertz CT molecular complexity index is 547. The zero-order chi connectivity index (χ0) is 13.8. The van der Waals surface area contributed by atoms with E-state index in [2.05, 4.69) is 5.32 Å². The SMILES string of the molecule is CC(Cc1ccco1)NC(=O)c1cc(N)cc(F)c1. The predicted octanol–water partition coefficient (Wildman–Crippen LogP) is 2.36. The number of nitrogens with two attached hydrogens (primary N) is 1. The smallest absolute Gasteiger partial charge is 0.251 e. The van der Waals surface area contributed by atoms with Crippen molar-refractivity contribution in [3.05, 3.63) is 53.7 Å². The van der Waals surface area contributed by atoms with Crippen LogP contribution in [0.5, 0.6) is 0 Å². The average molecular weight is 262 g/mol. The Morgan fingerprint density at radius 3 is 2.89 bits per heavy atom. The van der Waals surface area contributed by atoms with Crippen LogP contribution >= 0.6 is 0 Å². The first-order chi connectivity index (χ1) is 9.04. The molecule has 5 heteroatoms. The van der Waals surface area contributed by atoms with Crippen molar-refractivity contribution in [1.29, 1.82) is 0 Å². The molecule has 1 aromatic carbocycles. The molecule has 19 heavy (non-hydrogen) atoms. The number of hydrogen-bond donors (Lipinski definition) is 2. The van der Waals surface area contributed by atoms with Crippen LogP contribution in [-0.2, 0) is 6.42 Å². The van der Waals surface area contributed by atoms with Gasteiger partial charge >= 0.3 is 0 Å². The summed E-state index contributed by atoms with van der Waals surface area (Å²) in [7, 11) is 0. The standard InChI is InChI=1S/C14H15FN2O2/c1-9(5-13-3-2-4-19-13)17-14(18)10-6-11(15)8-12(16)7-10/h2-4,6-9H,5,16H2,1H3,(H,17,18). The van der Waals surface area contributed by atoms with Gasteiger partial charge in [-0.25, -0.2) is 4.39 Å². The fourth-order valence-electron chi connectivity index (χ4n) is 1.83. The molecule has 1 atom stereocenters. The van der Waals surface area contributed by atoms with Crippen molar-refractivity contribution < 1.29 is 13.6 Å². The zero-order valence-corrected chi connectivity index (χ0v) is 10.5. The van der Waals surface area contributed by atoms with Gasteiger partial charge in [0.25, 0.3) is 5.91 Å². The Balaban J connectivity index is 2.00. The highest BCUT2D eigenvalue weighted by molar-refractivity contribution is 5.95. The summed E-state index contributed by atoms with van der Waals surface area (Å²) >= 11 is 0. The lowest BCUT2D eigenvalue weighted by Crippen LogP contribution is -2.34. The third kappa shape index (κ3) is 3.58. The number of carbonyl (C=O) groups excluding carboxylic acids is 1. The van der Waals surface area contributed by atoms with E-state index in [0.29, 0.717) is 6.42 Å². The first kappa shape index (κ1) is 13.1. The van der Waals surface area contributed by atoms with E-state index in [1.807, 2.05) is 13.0 Å². The van der Waals surface area contributed by atoms with Gasteiger partial charge < -0.3 is 15.5 Å². The lowest BCUT2D eigenvalue weighted by atomic mass is 10.1. The van der Waals surface area contributed by atoms with Gasteiger partial charge in [-0.2, -0.15) is 0 Å². The molecule has 1 amide bonds. The summed E-state index contributed by atoms with van der Waals surface area (Å²) in [5, 5.41) is 2.77. The van der Waals surface area contributed by atoms with Crippen LogP contribution in [0.2, 0.25) is 0 Å². The average Bonchev–Trinajstić information content (AvgIpc) is 2.80. The summed E-state index contributed by atoms with van der Waals surface area (Å²) in [6.07, 6.45) is 2.15. The van der Waals surface area contributed by atoms with Gasteiger partial charge in [-0.05, 0) is 37.3 Å². The Morgan fingerprint density at radius 1 is 1.47 bits per heavy atom. The highest BCUT2D eigenvalue weighted by Gasteiger charge is 2.12. The molecule has 0 radical (unpaired) electrons. The quantitative estimate of drug-likeness (QED) is 0.831. The highest BCUT2D eigenvalue weighted by Crippen LogP contribution is 2.11. The van der Waals surface area contributed by atoms with Crippen molar-refractivity contribution in [2.75, 3.05) is 5.73 Å². The van der Waals surface area contributed by atoms with E-state index in [-0.39, 0.29) is 23.2 Å². The van der Waals surface area contributed by atoms with E-state index in [1.165, 1.54) is 12.1 Å². The third-order valence-electron chi connectivity index (χ3n) is 2.65. The van der Waals surface area contributed by atoms with Gasteiger partial charge in [0.1, 0.15) is 11.6 Å². The minimum absolute atomic E-state index is 0.122. The van der Waals surface area contributed by atoms with E-state index in [4.69, 9.17) is 10.2 Å². The van der Waals surface area contributed by atoms with Gasteiger partial charge in [0, 0.05) is 23.7 Å². The highest BCUT2D eigenvalue weighted by atomic mass is 19.1. The Kier molecular flexibility index (Phi) is 3.85. The molecule has 3 N–H and O–H groups in total. The molecule has 1 unspecified atom stereocenters.